The Labute approximate surface area is 299 Å². The van der Waals surface area contributed by atoms with E-state index in [0.717, 1.165) is 39.1 Å². The predicted molar refractivity (Wildman–Crippen MR) is 210 cm³/mol. The van der Waals surface area contributed by atoms with Gasteiger partial charge in [0.05, 0.1) is 33.7 Å². The fourth-order valence-electron chi connectivity index (χ4n) is 7.49. The van der Waals surface area contributed by atoms with E-state index in [4.69, 9.17) is 15.0 Å². The first-order valence-electron chi connectivity index (χ1n) is 17.2. The molecule has 52 heavy (non-hydrogen) atoms. The number of hydrogen-bond acceptors (Lipinski definition) is 4. The van der Waals surface area contributed by atoms with Crippen LogP contribution in [0.4, 0.5) is 0 Å². The van der Waals surface area contributed by atoms with E-state index in [2.05, 4.69) is 124 Å². The number of benzene rings is 7. The Kier molecular flexibility index (Phi) is 6.76. The maximum absolute atomic E-state index is 9.61. The van der Waals surface area contributed by atoms with Gasteiger partial charge in [0, 0.05) is 49.6 Å². The average Bonchev–Trinajstić information content (AvgIpc) is 3.74. The van der Waals surface area contributed by atoms with Crippen LogP contribution in [0.15, 0.2) is 170 Å². The van der Waals surface area contributed by atoms with E-state index in [1.165, 1.54) is 32.6 Å². The van der Waals surface area contributed by atoms with Crippen molar-refractivity contribution in [2.24, 2.45) is 0 Å². The smallest absolute Gasteiger partial charge is 0.164 e. The summed E-state index contributed by atoms with van der Waals surface area (Å²) in [5, 5.41) is 14.4. The van der Waals surface area contributed by atoms with Crippen LogP contribution in [0.3, 0.4) is 0 Å². The normalized spacial score (nSPS) is 11.4. The third-order valence-electron chi connectivity index (χ3n) is 9.76. The SMILES string of the molecule is N#Cc1cccc(-c2nc(-c3ccccc3)nc(-c3cccc(-n4c5ccccc5c5c4ccc4c6ccccc6n(-c6ccccc6)c45)c3)n2)c1. The molecule has 3 heterocycles. The highest BCUT2D eigenvalue weighted by Crippen LogP contribution is 2.42. The number of rotatable bonds is 5. The molecule has 0 aliphatic heterocycles. The van der Waals surface area contributed by atoms with Crippen LogP contribution in [0.1, 0.15) is 5.56 Å². The van der Waals surface area contributed by atoms with Gasteiger partial charge in [0.2, 0.25) is 0 Å². The Morgan fingerprint density at radius 1 is 0.404 bits per heavy atom. The third kappa shape index (κ3) is 4.68. The predicted octanol–water partition coefficient (Wildman–Crippen LogP) is 10.9. The van der Waals surface area contributed by atoms with Crippen molar-refractivity contribution >= 4 is 43.6 Å². The Balaban J connectivity index is 1.22. The molecule has 10 aromatic rings. The molecule has 0 aliphatic carbocycles. The van der Waals surface area contributed by atoms with Gasteiger partial charge in [-0.2, -0.15) is 5.26 Å². The van der Waals surface area contributed by atoms with Crippen molar-refractivity contribution in [3.05, 3.63) is 175 Å². The minimum absolute atomic E-state index is 0.513. The van der Waals surface area contributed by atoms with Gasteiger partial charge < -0.3 is 9.13 Å². The second kappa shape index (κ2) is 11.9. The quantitative estimate of drug-likeness (QED) is 0.184. The molecular formula is C46H28N6. The number of nitriles is 1. The highest BCUT2D eigenvalue weighted by molar-refractivity contribution is 6.26. The molecule has 0 atom stereocenters. The van der Waals surface area contributed by atoms with Crippen LogP contribution in [0, 0.1) is 11.3 Å². The lowest BCUT2D eigenvalue weighted by Gasteiger charge is -2.12. The van der Waals surface area contributed by atoms with E-state index in [-0.39, 0.29) is 0 Å². The summed E-state index contributed by atoms with van der Waals surface area (Å²) in [6, 6.07) is 60.4. The number of hydrogen-bond donors (Lipinski definition) is 0. The second-order valence-corrected chi connectivity index (χ2v) is 12.8. The molecule has 6 heteroatoms. The Bertz CT molecular complexity index is 3020. The van der Waals surface area contributed by atoms with E-state index in [0.29, 0.717) is 23.0 Å². The molecule has 7 aromatic carbocycles. The van der Waals surface area contributed by atoms with Gasteiger partial charge >= 0.3 is 0 Å². The Morgan fingerprint density at radius 2 is 0.962 bits per heavy atom. The molecule has 0 unspecified atom stereocenters. The fourth-order valence-corrected chi connectivity index (χ4v) is 7.49. The molecule has 0 N–H and O–H groups in total. The number of aromatic nitrogens is 5. The van der Waals surface area contributed by atoms with Crippen LogP contribution in [0.5, 0.6) is 0 Å². The lowest BCUT2D eigenvalue weighted by molar-refractivity contribution is 1.07. The molecule has 0 saturated heterocycles. The third-order valence-corrected chi connectivity index (χ3v) is 9.76. The molecule has 0 fully saturated rings. The van der Waals surface area contributed by atoms with Gasteiger partial charge in [-0.15, -0.1) is 0 Å². The zero-order valence-electron chi connectivity index (χ0n) is 27.8. The minimum atomic E-state index is 0.513. The summed E-state index contributed by atoms with van der Waals surface area (Å²) in [5.41, 5.74) is 9.77. The maximum Gasteiger partial charge on any atom is 0.164 e. The highest BCUT2D eigenvalue weighted by Gasteiger charge is 2.21. The molecule has 0 amide bonds. The molecule has 0 bridgehead atoms. The van der Waals surface area contributed by atoms with Gasteiger partial charge in [0.15, 0.2) is 17.5 Å². The van der Waals surface area contributed by atoms with Crippen molar-refractivity contribution in [3.63, 3.8) is 0 Å². The van der Waals surface area contributed by atoms with Gasteiger partial charge in [-0.1, -0.05) is 115 Å². The van der Waals surface area contributed by atoms with Gasteiger partial charge in [0.1, 0.15) is 0 Å². The fraction of sp³-hybridized carbons (Fsp3) is 0. The molecule has 6 nitrogen and oxygen atoms in total. The van der Waals surface area contributed by atoms with Crippen molar-refractivity contribution in [1.82, 2.24) is 24.1 Å². The molecule has 0 saturated carbocycles. The molecular weight excluding hydrogens is 637 g/mol. The lowest BCUT2D eigenvalue weighted by atomic mass is 10.1. The van der Waals surface area contributed by atoms with E-state index < -0.39 is 0 Å². The van der Waals surface area contributed by atoms with Crippen molar-refractivity contribution in [1.29, 1.82) is 5.26 Å². The van der Waals surface area contributed by atoms with E-state index in [1.807, 2.05) is 54.6 Å². The van der Waals surface area contributed by atoms with E-state index in [9.17, 15) is 5.26 Å². The number of nitrogens with zero attached hydrogens (tertiary/aromatic N) is 6. The summed E-state index contributed by atoms with van der Waals surface area (Å²) in [6.45, 7) is 0. The summed E-state index contributed by atoms with van der Waals surface area (Å²) in [4.78, 5) is 14.9. The van der Waals surface area contributed by atoms with Gasteiger partial charge in [-0.25, -0.2) is 15.0 Å². The first-order chi connectivity index (χ1) is 25.7. The number of fused-ring (bicyclic) bond motifs is 7. The summed E-state index contributed by atoms with van der Waals surface area (Å²) in [6.07, 6.45) is 0. The molecule has 3 aromatic heterocycles. The zero-order valence-corrected chi connectivity index (χ0v) is 27.8. The number of para-hydroxylation sites is 3. The molecule has 0 spiro atoms. The second-order valence-electron chi connectivity index (χ2n) is 12.8. The van der Waals surface area contributed by atoms with Crippen LogP contribution in [-0.2, 0) is 0 Å². The van der Waals surface area contributed by atoms with Crippen molar-refractivity contribution in [2.45, 2.75) is 0 Å². The van der Waals surface area contributed by atoms with Crippen LogP contribution >= 0.6 is 0 Å². The first-order valence-corrected chi connectivity index (χ1v) is 17.2. The minimum Gasteiger partial charge on any atom is -0.309 e. The Hall–Kier alpha value is -7.36. The van der Waals surface area contributed by atoms with Gasteiger partial charge in [-0.05, 0) is 54.6 Å². The zero-order chi connectivity index (χ0) is 34.6. The maximum atomic E-state index is 9.61. The average molecular weight is 665 g/mol. The van der Waals surface area contributed by atoms with Crippen LogP contribution in [0.2, 0.25) is 0 Å². The van der Waals surface area contributed by atoms with E-state index in [1.54, 1.807) is 6.07 Å². The summed E-state index contributed by atoms with van der Waals surface area (Å²) in [7, 11) is 0. The van der Waals surface area contributed by atoms with Gasteiger partial charge in [0.25, 0.3) is 0 Å². The monoisotopic (exact) mass is 664 g/mol. The van der Waals surface area contributed by atoms with Crippen molar-refractivity contribution in [3.8, 4) is 51.6 Å². The topological polar surface area (TPSA) is 72.3 Å². The molecule has 10 rings (SSSR count). The standard InChI is InChI=1S/C46H28N6/c47-29-30-13-11-16-32(27-30)45-48-44(31-14-3-1-4-15-31)49-46(50-45)33-17-12-20-35(28-33)51-40-24-10-8-22-38(40)42-41(51)26-25-37-36-21-7-9-23-39(36)52(43(37)42)34-18-5-2-6-19-34/h1-28H. The summed E-state index contributed by atoms with van der Waals surface area (Å²) in [5.74, 6) is 1.64. The lowest BCUT2D eigenvalue weighted by Crippen LogP contribution is -2.01. The van der Waals surface area contributed by atoms with Gasteiger partial charge in [-0.3, -0.25) is 0 Å². The van der Waals surface area contributed by atoms with E-state index >= 15 is 0 Å². The molecule has 242 valence electrons. The summed E-state index contributed by atoms with van der Waals surface area (Å²) < 4.78 is 4.75. The van der Waals surface area contributed by atoms with Crippen molar-refractivity contribution in [2.75, 3.05) is 0 Å². The summed E-state index contributed by atoms with van der Waals surface area (Å²) >= 11 is 0. The van der Waals surface area contributed by atoms with Crippen LogP contribution in [-0.4, -0.2) is 24.1 Å². The van der Waals surface area contributed by atoms with Crippen molar-refractivity contribution < 1.29 is 0 Å². The molecule has 0 aliphatic rings. The van der Waals surface area contributed by atoms with Crippen LogP contribution < -0.4 is 0 Å². The highest BCUT2D eigenvalue weighted by atomic mass is 15.0. The first kappa shape index (κ1) is 29.5. The largest absolute Gasteiger partial charge is 0.309 e. The van der Waals surface area contributed by atoms with Crippen LogP contribution in [0.25, 0.3) is 89.2 Å². The Morgan fingerprint density at radius 3 is 1.69 bits per heavy atom. The molecule has 0 radical (unpaired) electrons.